The number of aromatic carboxylic acids is 1. The maximum absolute atomic E-state index is 11.3. The number of hydrogen-bond donors (Lipinski definition) is 6. The Morgan fingerprint density at radius 3 is 2.23 bits per heavy atom. The summed E-state index contributed by atoms with van der Waals surface area (Å²) in [5.41, 5.74) is 2.67. The van der Waals surface area contributed by atoms with Crippen molar-refractivity contribution in [3.63, 3.8) is 0 Å². The van der Waals surface area contributed by atoms with E-state index in [0.717, 1.165) is 0 Å². The highest BCUT2D eigenvalue weighted by molar-refractivity contribution is 6.36. The number of nitrogens with one attached hydrogen (secondary N) is 2. The normalized spacial score (nSPS) is 10.3. The summed E-state index contributed by atoms with van der Waals surface area (Å²) in [5.74, 6) is -1.19. The second-order valence-electron chi connectivity index (χ2n) is 5.21. The lowest BCUT2D eigenvalue weighted by atomic mass is 9.92. The van der Waals surface area contributed by atoms with Gasteiger partial charge in [-0.15, -0.1) is 13.2 Å². The monoisotopic (exact) mass is 382 g/mol. The van der Waals surface area contributed by atoms with Crippen molar-refractivity contribution in [1.29, 1.82) is 0 Å². The summed E-state index contributed by atoms with van der Waals surface area (Å²) in [4.78, 5) is 14.1. The average molecular weight is 383 g/mol. The summed E-state index contributed by atoms with van der Waals surface area (Å²) in [6.07, 6.45) is 0. The number of hydrogen-bond acceptors (Lipinski definition) is 5. The van der Waals surface area contributed by atoms with E-state index in [2.05, 4.69) is 23.5 Å². The molecular weight excluding hydrogens is 360 g/mol. The number of aliphatic hydroxyl groups excluding tert-OH is 3. The van der Waals surface area contributed by atoms with E-state index in [1.807, 2.05) is 0 Å². The van der Waals surface area contributed by atoms with Gasteiger partial charge in [0.05, 0.1) is 24.8 Å². The summed E-state index contributed by atoms with van der Waals surface area (Å²) in [6, 6.07) is 3.27. The number of aromatic amines is 1. The molecule has 0 spiro atoms. The highest BCUT2D eigenvalue weighted by Crippen LogP contribution is 2.38. The molecule has 7 nitrogen and oxygen atoms in total. The Hall–Kier alpha value is -2.16. The van der Waals surface area contributed by atoms with Gasteiger partial charge >= 0.3 is 5.97 Å². The molecule has 0 aliphatic carbocycles. The topological polar surface area (TPSA) is 126 Å². The van der Waals surface area contributed by atoms with Crippen LogP contribution in [0.15, 0.2) is 25.3 Å². The van der Waals surface area contributed by atoms with Crippen LogP contribution in [0.1, 0.15) is 32.9 Å². The van der Waals surface area contributed by atoms with E-state index in [1.165, 1.54) is 0 Å². The third-order valence-electron chi connectivity index (χ3n) is 3.87. The molecule has 2 rings (SSSR count). The largest absolute Gasteiger partial charge is 0.477 e. The minimum Gasteiger partial charge on any atom is -0.477 e. The standard InChI is InChI=1S/C16H19ClN2O5.C2H4/c1-18-4-12-13(14(17)15(19-12)16(23)24)9-3-2-8(5-20)10(6-21)11(9)7-22;1-2/h2-3,18-22H,4-7H2,1H3,(H,23,24);1-2H2. The van der Waals surface area contributed by atoms with Gasteiger partial charge < -0.3 is 30.7 Å². The molecule has 0 fully saturated rings. The van der Waals surface area contributed by atoms with Crippen LogP contribution in [0.25, 0.3) is 11.1 Å². The Kier molecular flexibility index (Phi) is 8.50. The molecule has 1 aromatic carbocycles. The lowest BCUT2D eigenvalue weighted by molar-refractivity contribution is 0.0691. The molecule has 0 aliphatic rings. The smallest absolute Gasteiger partial charge is 0.353 e. The first kappa shape index (κ1) is 21.9. The van der Waals surface area contributed by atoms with Crippen LogP contribution in [0.3, 0.4) is 0 Å². The first-order chi connectivity index (χ1) is 12.5. The van der Waals surface area contributed by atoms with Gasteiger partial charge in [0.2, 0.25) is 0 Å². The van der Waals surface area contributed by atoms with Crippen molar-refractivity contribution >= 4 is 17.6 Å². The van der Waals surface area contributed by atoms with Crippen molar-refractivity contribution in [2.45, 2.75) is 26.4 Å². The zero-order valence-corrected chi connectivity index (χ0v) is 15.2. The number of aromatic nitrogens is 1. The van der Waals surface area contributed by atoms with Gasteiger partial charge in [0.15, 0.2) is 0 Å². The molecule has 0 bridgehead atoms. The van der Waals surface area contributed by atoms with Crippen LogP contribution in [0.4, 0.5) is 0 Å². The molecule has 8 heteroatoms. The SMILES string of the molecule is C=C.CNCc1[nH]c(C(=O)O)c(Cl)c1-c1ccc(CO)c(CO)c1CO. The number of benzene rings is 1. The molecular formula is C18H23ClN2O5. The Bertz CT molecular complexity index is 773. The van der Waals surface area contributed by atoms with Crippen LogP contribution >= 0.6 is 11.6 Å². The van der Waals surface area contributed by atoms with Gasteiger partial charge in [-0.2, -0.15) is 0 Å². The van der Waals surface area contributed by atoms with Gasteiger partial charge in [-0.05, 0) is 29.3 Å². The quantitative estimate of drug-likeness (QED) is 0.407. The molecule has 0 saturated carbocycles. The Labute approximate surface area is 156 Å². The third kappa shape index (κ3) is 4.14. The molecule has 2 aromatic rings. The number of aliphatic hydroxyl groups is 3. The fourth-order valence-corrected chi connectivity index (χ4v) is 3.11. The molecule has 0 unspecified atom stereocenters. The number of halogens is 1. The molecule has 0 aliphatic heterocycles. The molecule has 26 heavy (non-hydrogen) atoms. The Balaban J connectivity index is 0.00000163. The molecule has 1 heterocycles. The van der Waals surface area contributed by atoms with E-state index >= 15 is 0 Å². The van der Waals surface area contributed by atoms with Crippen LogP contribution in [-0.2, 0) is 26.4 Å². The highest BCUT2D eigenvalue weighted by atomic mass is 35.5. The Morgan fingerprint density at radius 2 is 1.77 bits per heavy atom. The summed E-state index contributed by atoms with van der Waals surface area (Å²) in [7, 11) is 1.71. The van der Waals surface area contributed by atoms with Crippen LogP contribution in [0.2, 0.25) is 5.02 Å². The molecule has 0 radical (unpaired) electrons. The Morgan fingerprint density at radius 1 is 1.15 bits per heavy atom. The molecule has 6 N–H and O–H groups in total. The van der Waals surface area contributed by atoms with Crippen molar-refractivity contribution in [3.05, 3.63) is 58.4 Å². The third-order valence-corrected chi connectivity index (χ3v) is 4.25. The van der Waals surface area contributed by atoms with E-state index < -0.39 is 5.97 Å². The molecule has 142 valence electrons. The predicted octanol–water partition coefficient (Wildman–Crippen LogP) is 2.03. The maximum Gasteiger partial charge on any atom is 0.353 e. The van der Waals surface area contributed by atoms with Gasteiger partial charge in [-0.3, -0.25) is 0 Å². The molecule has 0 amide bonds. The van der Waals surface area contributed by atoms with Gasteiger partial charge in [-0.1, -0.05) is 23.7 Å². The average Bonchev–Trinajstić information content (AvgIpc) is 2.98. The van der Waals surface area contributed by atoms with Crippen molar-refractivity contribution in [2.75, 3.05) is 7.05 Å². The fraction of sp³-hybridized carbons (Fsp3) is 0.278. The predicted molar refractivity (Wildman–Crippen MR) is 100.0 cm³/mol. The fourth-order valence-electron chi connectivity index (χ4n) is 2.76. The number of carbonyl (C=O) groups is 1. The van der Waals surface area contributed by atoms with Crippen molar-refractivity contribution in [3.8, 4) is 11.1 Å². The van der Waals surface area contributed by atoms with E-state index in [4.69, 9.17) is 11.6 Å². The number of H-pyrrole nitrogens is 1. The lowest BCUT2D eigenvalue weighted by Gasteiger charge is -2.16. The number of carboxylic acids is 1. The summed E-state index contributed by atoms with van der Waals surface area (Å²) in [5, 5.41) is 41.0. The molecule has 0 saturated heterocycles. The van der Waals surface area contributed by atoms with Crippen molar-refractivity contribution in [2.24, 2.45) is 0 Å². The second kappa shape index (κ2) is 10.1. The maximum atomic E-state index is 11.3. The lowest BCUT2D eigenvalue weighted by Crippen LogP contribution is -2.08. The van der Waals surface area contributed by atoms with E-state index in [9.17, 15) is 25.2 Å². The van der Waals surface area contributed by atoms with Crippen LogP contribution in [-0.4, -0.2) is 38.4 Å². The van der Waals surface area contributed by atoms with E-state index in [0.29, 0.717) is 40.1 Å². The van der Waals surface area contributed by atoms with Crippen LogP contribution in [0, 0.1) is 0 Å². The number of rotatable bonds is 7. The summed E-state index contributed by atoms with van der Waals surface area (Å²) < 4.78 is 0. The van der Waals surface area contributed by atoms with Gasteiger partial charge in [0.1, 0.15) is 5.69 Å². The first-order valence-corrected chi connectivity index (χ1v) is 8.12. The second-order valence-corrected chi connectivity index (χ2v) is 5.58. The number of carboxylic acid groups (broad SMARTS) is 1. The van der Waals surface area contributed by atoms with E-state index in [1.54, 1.807) is 19.2 Å². The van der Waals surface area contributed by atoms with Crippen LogP contribution < -0.4 is 5.32 Å². The van der Waals surface area contributed by atoms with Gasteiger partial charge in [0.25, 0.3) is 0 Å². The van der Waals surface area contributed by atoms with Gasteiger partial charge in [-0.25, -0.2) is 4.79 Å². The highest BCUT2D eigenvalue weighted by Gasteiger charge is 2.24. The van der Waals surface area contributed by atoms with E-state index in [-0.39, 0.29) is 30.5 Å². The van der Waals surface area contributed by atoms with Crippen molar-refractivity contribution < 1.29 is 25.2 Å². The zero-order valence-electron chi connectivity index (χ0n) is 14.5. The molecule has 0 atom stereocenters. The minimum absolute atomic E-state index is 0.0306. The summed E-state index contributed by atoms with van der Waals surface area (Å²) >= 11 is 6.26. The van der Waals surface area contributed by atoms with Crippen LogP contribution in [0.5, 0.6) is 0 Å². The first-order valence-electron chi connectivity index (χ1n) is 7.74. The van der Waals surface area contributed by atoms with Gasteiger partial charge in [0, 0.05) is 17.8 Å². The minimum atomic E-state index is -1.19. The molecule has 1 aromatic heterocycles. The summed E-state index contributed by atoms with van der Waals surface area (Å²) in [6.45, 7) is 5.30. The van der Waals surface area contributed by atoms with Crippen molar-refractivity contribution in [1.82, 2.24) is 10.3 Å². The zero-order chi connectivity index (χ0) is 19.9.